The van der Waals surface area contributed by atoms with Crippen LogP contribution >= 0.6 is 11.3 Å². The number of nitrogens with one attached hydrogen (secondary N) is 1. The van der Waals surface area contributed by atoms with Crippen LogP contribution in [0.5, 0.6) is 6.01 Å². The zero-order valence-electron chi connectivity index (χ0n) is 33.1. The number of nitrogens with zero attached hydrogens (tertiary/aromatic N) is 6. The number of thiophene rings is 1. The monoisotopic (exact) mass is 832 g/mol. The van der Waals surface area contributed by atoms with E-state index in [-0.39, 0.29) is 55.9 Å². The summed E-state index contributed by atoms with van der Waals surface area (Å²) in [7, 11) is 1.23. The van der Waals surface area contributed by atoms with Gasteiger partial charge in [-0.15, -0.1) is 11.3 Å². The van der Waals surface area contributed by atoms with Crippen molar-refractivity contribution in [1.29, 1.82) is 5.26 Å². The van der Waals surface area contributed by atoms with Crippen molar-refractivity contribution < 1.29 is 40.3 Å². The fraction of sp³-hybridized carbons (Fsp3) is 0.475. The van der Waals surface area contributed by atoms with Gasteiger partial charge in [-0.05, 0) is 70.2 Å². The summed E-state index contributed by atoms with van der Waals surface area (Å²) < 4.78 is 95.2. The molecule has 0 bridgehead atoms. The number of fused-ring (bicyclic) bond motifs is 3. The van der Waals surface area contributed by atoms with E-state index in [2.05, 4.69) is 32.1 Å². The number of ether oxygens (including phenoxy) is 1. The molecule has 3 aliphatic rings. The number of aromatic nitrogens is 3. The molecule has 2 aromatic carbocycles. The highest BCUT2D eigenvalue weighted by Gasteiger charge is 2.38. The quantitative estimate of drug-likeness (QED) is 0.164. The second-order valence-corrected chi connectivity index (χ2v) is 14.8. The summed E-state index contributed by atoms with van der Waals surface area (Å²) in [4.78, 5) is 27.9. The van der Waals surface area contributed by atoms with Gasteiger partial charge < -0.3 is 25.1 Å². The largest absolute Gasteiger partial charge is 0.467 e. The van der Waals surface area contributed by atoms with Crippen molar-refractivity contribution in [1.82, 2.24) is 24.8 Å². The average molecular weight is 833 g/mol. The van der Waals surface area contributed by atoms with Crippen LogP contribution < -0.4 is 15.8 Å². The lowest BCUT2D eigenvalue weighted by Gasteiger charge is -2.19. The lowest BCUT2D eigenvalue weighted by molar-refractivity contribution is -0.137. The number of halogens is 6. The van der Waals surface area contributed by atoms with E-state index >= 15 is 4.39 Å². The molecule has 18 heteroatoms. The van der Waals surface area contributed by atoms with Crippen molar-refractivity contribution in [2.45, 2.75) is 91.2 Å². The summed E-state index contributed by atoms with van der Waals surface area (Å²) in [5.41, 5.74) is 3.02. The second-order valence-electron chi connectivity index (χ2n) is 13.7. The Morgan fingerprint density at radius 3 is 2.47 bits per heavy atom. The maximum Gasteiger partial charge on any atom is 0.417 e. The van der Waals surface area contributed by atoms with Crippen molar-refractivity contribution in [2.75, 3.05) is 44.3 Å². The van der Waals surface area contributed by atoms with Gasteiger partial charge in [-0.1, -0.05) is 19.9 Å². The smallest absolute Gasteiger partial charge is 0.417 e. The first-order valence-corrected chi connectivity index (χ1v) is 19.9. The van der Waals surface area contributed by atoms with Gasteiger partial charge in [0, 0.05) is 55.0 Å². The number of rotatable bonds is 5. The summed E-state index contributed by atoms with van der Waals surface area (Å²) in [5.74, 6) is -1.62. The molecular formula is C40H46F6N8O3S. The molecule has 0 radical (unpaired) electrons. The average Bonchev–Trinajstić information content (AvgIpc) is 4.04. The zero-order valence-corrected chi connectivity index (χ0v) is 33.9. The van der Waals surface area contributed by atoms with Crippen LogP contribution in [0.15, 0.2) is 28.9 Å². The predicted octanol–water partition coefficient (Wildman–Crippen LogP) is 9.53. The first-order valence-electron chi connectivity index (χ1n) is 19.1. The summed E-state index contributed by atoms with van der Waals surface area (Å²) >= 11 is 0.698. The van der Waals surface area contributed by atoms with Crippen molar-refractivity contribution in [3.05, 3.63) is 58.8 Å². The number of nitrogens with two attached hydrogens (primary N) is 1. The molecule has 58 heavy (non-hydrogen) atoms. The van der Waals surface area contributed by atoms with E-state index < -0.39 is 40.6 Å². The van der Waals surface area contributed by atoms with Gasteiger partial charge in [-0.25, -0.2) is 18.2 Å². The number of methoxy groups -OCH3 is 1. The van der Waals surface area contributed by atoms with Crippen LogP contribution in [-0.4, -0.2) is 82.2 Å². The molecule has 3 N–H and O–H groups in total. The number of aryl methyl sites for hydroxylation is 1. The minimum Gasteiger partial charge on any atom is -0.467 e. The van der Waals surface area contributed by atoms with Gasteiger partial charge in [0.2, 0.25) is 0 Å². The van der Waals surface area contributed by atoms with Gasteiger partial charge in [0.1, 0.15) is 40.7 Å². The Kier molecular flexibility index (Phi) is 14.1. The van der Waals surface area contributed by atoms with Crippen LogP contribution in [0, 0.1) is 29.9 Å². The van der Waals surface area contributed by atoms with Crippen molar-refractivity contribution in [3.63, 3.8) is 0 Å². The Labute approximate surface area is 336 Å². The Morgan fingerprint density at radius 2 is 1.88 bits per heavy atom. The van der Waals surface area contributed by atoms with Crippen LogP contribution in [0.25, 0.3) is 32.1 Å². The molecule has 312 valence electrons. The molecule has 3 atom stereocenters. The molecule has 6 heterocycles. The highest BCUT2D eigenvalue weighted by molar-refractivity contribution is 7.23. The van der Waals surface area contributed by atoms with E-state index in [1.807, 2.05) is 18.7 Å². The lowest BCUT2D eigenvalue weighted by Crippen LogP contribution is -2.33. The number of nitrogen functional groups attached to an aromatic ring is 1. The molecule has 0 aliphatic carbocycles. The van der Waals surface area contributed by atoms with Gasteiger partial charge >= 0.3 is 12.2 Å². The van der Waals surface area contributed by atoms with Crippen LogP contribution in [0.1, 0.15) is 87.3 Å². The highest BCUT2D eigenvalue weighted by Crippen LogP contribution is 2.47. The molecule has 11 nitrogen and oxygen atoms in total. The molecule has 3 saturated heterocycles. The number of oxazole rings is 1. The fourth-order valence-electron chi connectivity index (χ4n) is 7.47. The molecule has 3 aliphatic heterocycles. The summed E-state index contributed by atoms with van der Waals surface area (Å²) in [5, 5.41) is 11.8. The number of carbonyl (C=O) groups is 1. The van der Waals surface area contributed by atoms with E-state index in [1.54, 1.807) is 19.9 Å². The van der Waals surface area contributed by atoms with E-state index in [0.717, 1.165) is 50.6 Å². The van der Waals surface area contributed by atoms with E-state index in [4.69, 9.17) is 14.9 Å². The van der Waals surface area contributed by atoms with E-state index in [9.17, 15) is 32.0 Å². The Morgan fingerprint density at radius 1 is 1.16 bits per heavy atom. The maximum absolute atomic E-state index is 15.9. The predicted molar refractivity (Wildman–Crippen MR) is 212 cm³/mol. The van der Waals surface area contributed by atoms with Crippen molar-refractivity contribution in [2.24, 2.45) is 0 Å². The molecule has 1 amide bonds. The number of amides is 1. The number of benzene rings is 2. The fourth-order valence-corrected chi connectivity index (χ4v) is 8.41. The zero-order chi connectivity index (χ0) is 42.5. The normalized spacial score (nSPS) is 18.7. The third-order valence-corrected chi connectivity index (χ3v) is 11.1. The SMILES string of the molecule is CC.CCNc1nc(OC)nc2c(F)c(-c3ccc(F)c4sc(N)c(C#N)c34)c(C(F)(F)F)cc12.Cc1nc(C(=O)N2CCCC2C)co1.FC1CC2CCCN2C1. The summed E-state index contributed by atoms with van der Waals surface area (Å²) in [6.07, 6.45) is 1.42. The van der Waals surface area contributed by atoms with E-state index in [1.165, 1.54) is 26.2 Å². The van der Waals surface area contributed by atoms with Crippen molar-refractivity contribution in [3.8, 4) is 23.2 Å². The standard InChI is InChI=1S/C21H14F5N5OS.C10H14N2O2.C7H12FN.C2H6/c1-3-29-19-9-6-11(21(24,25)26)14(15(23)16(9)30-20(31-19)32-2)8-4-5-12(22)17-13(8)10(7-27)18(28)33-17;1-7-4-3-5-12(7)10(13)9-6-14-8(2)11-9;8-6-4-7-2-1-3-9(7)5-6;1-2/h4-6H,3,28H2,1-2H3,(H,29,30,31);6-7H,3-5H2,1-2H3;6-7H,1-5H2;1-2H3. The second kappa shape index (κ2) is 18.6. The number of carbonyl (C=O) groups excluding carboxylic acids is 1. The van der Waals surface area contributed by atoms with Gasteiger partial charge in [0.15, 0.2) is 17.4 Å². The maximum atomic E-state index is 15.9. The number of alkyl halides is 4. The molecule has 0 saturated carbocycles. The lowest BCUT2D eigenvalue weighted by atomic mass is 9.92. The number of hydrogen-bond acceptors (Lipinski definition) is 11. The number of nitriles is 1. The third-order valence-electron chi connectivity index (χ3n) is 10.1. The summed E-state index contributed by atoms with van der Waals surface area (Å²) in [6.45, 7) is 12.5. The molecule has 8 rings (SSSR count). The van der Waals surface area contributed by atoms with Gasteiger partial charge in [-0.2, -0.15) is 28.4 Å². The number of anilines is 2. The molecule has 5 aromatic rings. The Balaban J connectivity index is 0.000000207. The third kappa shape index (κ3) is 9.10. The van der Waals surface area contributed by atoms with Crippen LogP contribution in [-0.2, 0) is 6.18 Å². The molecule has 3 fully saturated rings. The minimum atomic E-state index is -5.00. The highest BCUT2D eigenvalue weighted by atomic mass is 32.1. The minimum absolute atomic E-state index is 0.00755. The topological polar surface area (TPSA) is 146 Å². The molecule has 3 unspecified atom stereocenters. The van der Waals surface area contributed by atoms with Crippen LogP contribution in [0.3, 0.4) is 0 Å². The van der Waals surface area contributed by atoms with Crippen molar-refractivity contribution >= 4 is 49.1 Å². The van der Waals surface area contributed by atoms with Gasteiger partial charge in [-0.3, -0.25) is 9.69 Å². The first-order chi connectivity index (χ1) is 27.7. The van der Waals surface area contributed by atoms with E-state index in [0.29, 0.717) is 41.5 Å². The van der Waals surface area contributed by atoms with Crippen LogP contribution in [0.4, 0.5) is 37.2 Å². The molecule has 0 spiro atoms. The number of hydrogen-bond donors (Lipinski definition) is 2. The van der Waals surface area contributed by atoms with Gasteiger partial charge in [0.05, 0.1) is 22.9 Å². The first kappa shape index (κ1) is 44.0. The molecule has 3 aromatic heterocycles. The Hall–Kier alpha value is -5.15. The Bertz CT molecular complexity index is 2280. The van der Waals surface area contributed by atoms with Gasteiger partial charge in [0.25, 0.3) is 5.91 Å². The number of likely N-dealkylation sites (tertiary alicyclic amines) is 1. The molecular weight excluding hydrogens is 787 g/mol. The summed E-state index contributed by atoms with van der Waals surface area (Å²) in [6, 6.07) is 5.08. The van der Waals surface area contributed by atoms with Crippen LogP contribution in [0.2, 0.25) is 0 Å².